The molecule has 1 aliphatic rings. The van der Waals surface area contributed by atoms with Crippen molar-refractivity contribution in [1.82, 2.24) is 9.62 Å². The van der Waals surface area contributed by atoms with E-state index in [1.165, 1.54) is 10.4 Å². The monoisotopic (exact) mass is 418 g/mol. The van der Waals surface area contributed by atoms with Crippen LogP contribution in [0.15, 0.2) is 47.4 Å². The SMILES string of the molecule is COc1ccc(CCNC(=O)c2cc(S(=O)(=O)N3CCOCC3)ccc2C)cc1. The number of methoxy groups -OCH3 is 1. The number of nitrogens with zero attached hydrogens (tertiary/aromatic N) is 1. The Balaban J connectivity index is 1.67. The Kier molecular flexibility index (Phi) is 6.89. The zero-order valence-electron chi connectivity index (χ0n) is 16.7. The summed E-state index contributed by atoms with van der Waals surface area (Å²) >= 11 is 0. The first-order valence-electron chi connectivity index (χ1n) is 9.51. The zero-order valence-corrected chi connectivity index (χ0v) is 17.5. The van der Waals surface area contributed by atoms with Crippen LogP contribution in [0.3, 0.4) is 0 Å². The van der Waals surface area contributed by atoms with E-state index < -0.39 is 10.0 Å². The maximum absolute atomic E-state index is 12.9. The Hall–Kier alpha value is -2.42. The van der Waals surface area contributed by atoms with Crippen molar-refractivity contribution >= 4 is 15.9 Å². The summed E-state index contributed by atoms with van der Waals surface area (Å²) < 4.78 is 37.5. The van der Waals surface area contributed by atoms with Crippen molar-refractivity contribution < 1.29 is 22.7 Å². The Labute approximate surface area is 171 Å². The summed E-state index contributed by atoms with van der Waals surface area (Å²) in [5, 5.41) is 2.88. The Morgan fingerprint density at radius 1 is 1.14 bits per heavy atom. The lowest BCUT2D eigenvalue weighted by Crippen LogP contribution is -2.40. The Morgan fingerprint density at radius 3 is 2.48 bits per heavy atom. The standard InChI is InChI=1S/C21H26N2O5S/c1-16-3-8-19(29(25,26)23-11-13-28-14-12-23)15-20(16)21(24)22-10-9-17-4-6-18(27-2)7-5-17/h3-8,15H,9-14H2,1-2H3,(H,22,24). The molecule has 156 valence electrons. The van der Waals surface area contributed by atoms with Gasteiger partial charge < -0.3 is 14.8 Å². The Bertz CT molecular complexity index is 952. The van der Waals surface area contributed by atoms with E-state index >= 15 is 0 Å². The van der Waals surface area contributed by atoms with Gasteiger partial charge in [0, 0.05) is 25.2 Å². The largest absolute Gasteiger partial charge is 0.497 e. The van der Waals surface area contributed by atoms with Crippen LogP contribution in [0.1, 0.15) is 21.5 Å². The van der Waals surface area contributed by atoms with Crippen LogP contribution in [-0.2, 0) is 21.2 Å². The van der Waals surface area contributed by atoms with Gasteiger partial charge in [-0.15, -0.1) is 0 Å². The van der Waals surface area contributed by atoms with Crippen LogP contribution in [0.5, 0.6) is 5.75 Å². The van der Waals surface area contributed by atoms with Crippen LogP contribution in [0.4, 0.5) is 0 Å². The molecule has 1 N–H and O–H groups in total. The maximum atomic E-state index is 12.9. The molecule has 1 heterocycles. The summed E-state index contributed by atoms with van der Waals surface area (Å²) in [6.07, 6.45) is 0.667. The molecule has 3 rings (SSSR count). The third-order valence-corrected chi connectivity index (χ3v) is 6.81. The van der Waals surface area contributed by atoms with Gasteiger partial charge in [-0.25, -0.2) is 8.42 Å². The highest BCUT2D eigenvalue weighted by atomic mass is 32.2. The van der Waals surface area contributed by atoms with Gasteiger partial charge >= 0.3 is 0 Å². The molecular formula is C21H26N2O5S. The molecule has 0 atom stereocenters. The van der Waals surface area contributed by atoms with E-state index in [-0.39, 0.29) is 10.8 Å². The van der Waals surface area contributed by atoms with Gasteiger partial charge in [0.15, 0.2) is 0 Å². The number of rotatable bonds is 7. The molecule has 0 spiro atoms. The quantitative estimate of drug-likeness (QED) is 0.743. The highest BCUT2D eigenvalue weighted by Gasteiger charge is 2.27. The normalized spacial score (nSPS) is 15.1. The number of sulfonamides is 1. The van der Waals surface area contributed by atoms with Crippen molar-refractivity contribution in [2.24, 2.45) is 0 Å². The lowest BCUT2D eigenvalue weighted by atomic mass is 10.1. The molecule has 29 heavy (non-hydrogen) atoms. The summed E-state index contributed by atoms with van der Waals surface area (Å²) in [5.74, 6) is 0.502. The van der Waals surface area contributed by atoms with E-state index in [0.717, 1.165) is 16.9 Å². The second-order valence-corrected chi connectivity index (χ2v) is 8.79. The fourth-order valence-electron chi connectivity index (χ4n) is 3.15. The third kappa shape index (κ3) is 5.14. The van der Waals surface area contributed by atoms with Gasteiger partial charge in [0.25, 0.3) is 5.91 Å². The van der Waals surface area contributed by atoms with Gasteiger partial charge in [-0.3, -0.25) is 4.79 Å². The van der Waals surface area contributed by atoms with Crippen molar-refractivity contribution in [3.05, 3.63) is 59.2 Å². The van der Waals surface area contributed by atoms with Crippen LogP contribution >= 0.6 is 0 Å². The van der Waals surface area contributed by atoms with Crippen molar-refractivity contribution in [2.75, 3.05) is 40.0 Å². The van der Waals surface area contributed by atoms with E-state index in [0.29, 0.717) is 44.8 Å². The smallest absolute Gasteiger partial charge is 0.251 e. The summed E-state index contributed by atoms with van der Waals surface area (Å²) in [6, 6.07) is 12.3. The second kappa shape index (κ2) is 9.39. The van der Waals surface area contributed by atoms with E-state index in [9.17, 15) is 13.2 Å². The minimum Gasteiger partial charge on any atom is -0.497 e. The molecule has 0 unspecified atom stereocenters. The lowest BCUT2D eigenvalue weighted by molar-refractivity contribution is 0.0730. The fraction of sp³-hybridized carbons (Fsp3) is 0.381. The van der Waals surface area contributed by atoms with E-state index in [1.54, 1.807) is 26.2 Å². The van der Waals surface area contributed by atoms with E-state index in [4.69, 9.17) is 9.47 Å². The van der Waals surface area contributed by atoms with Crippen LogP contribution in [0.25, 0.3) is 0 Å². The molecule has 0 aliphatic carbocycles. The summed E-state index contributed by atoms with van der Waals surface area (Å²) in [6.45, 7) is 3.64. The van der Waals surface area contributed by atoms with Gasteiger partial charge in [-0.05, 0) is 48.7 Å². The van der Waals surface area contributed by atoms with Gasteiger partial charge in [0.2, 0.25) is 10.0 Å². The lowest BCUT2D eigenvalue weighted by Gasteiger charge is -2.26. The predicted octanol–water partition coefficient (Wildman–Crippen LogP) is 2.00. The highest BCUT2D eigenvalue weighted by Crippen LogP contribution is 2.20. The minimum absolute atomic E-state index is 0.130. The first kappa shape index (κ1) is 21.3. The summed E-state index contributed by atoms with van der Waals surface area (Å²) in [7, 11) is -2.03. The van der Waals surface area contributed by atoms with E-state index in [1.807, 2.05) is 24.3 Å². The van der Waals surface area contributed by atoms with Crippen LogP contribution in [0, 0.1) is 6.92 Å². The topological polar surface area (TPSA) is 84.9 Å². The molecule has 1 saturated heterocycles. The first-order valence-corrected chi connectivity index (χ1v) is 11.0. The molecular weight excluding hydrogens is 392 g/mol. The molecule has 2 aromatic carbocycles. The average Bonchev–Trinajstić information content (AvgIpc) is 2.75. The average molecular weight is 419 g/mol. The number of hydrogen-bond acceptors (Lipinski definition) is 5. The van der Waals surface area contributed by atoms with Crippen molar-refractivity contribution in [3.8, 4) is 5.75 Å². The molecule has 1 aliphatic heterocycles. The van der Waals surface area contributed by atoms with Gasteiger partial charge in [0.1, 0.15) is 5.75 Å². The summed E-state index contributed by atoms with van der Waals surface area (Å²) in [4.78, 5) is 12.8. The number of morpholine rings is 1. The molecule has 8 heteroatoms. The molecule has 1 fully saturated rings. The van der Waals surface area contributed by atoms with Crippen molar-refractivity contribution in [3.63, 3.8) is 0 Å². The first-order chi connectivity index (χ1) is 13.9. The number of carbonyl (C=O) groups excluding carboxylic acids is 1. The number of hydrogen-bond donors (Lipinski definition) is 1. The number of benzene rings is 2. The number of ether oxygens (including phenoxy) is 2. The maximum Gasteiger partial charge on any atom is 0.251 e. The number of carbonyl (C=O) groups is 1. The third-order valence-electron chi connectivity index (χ3n) is 4.92. The van der Waals surface area contributed by atoms with Crippen LogP contribution < -0.4 is 10.1 Å². The minimum atomic E-state index is -3.64. The summed E-state index contributed by atoms with van der Waals surface area (Å²) in [5.41, 5.74) is 2.17. The molecule has 0 bridgehead atoms. The van der Waals surface area contributed by atoms with Crippen LogP contribution in [-0.4, -0.2) is 58.6 Å². The van der Waals surface area contributed by atoms with Crippen LogP contribution in [0.2, 0.25) is 0 Å². The highest BCUT2D eigenvalue weighted by molar-refractivity contribution is 7.89. The Morgan fingerprint density at radius 2 is 1.83 bits per heavy atom. The van der Waals surface area contributed by atoms with Gasteiger partial charge in [-0.1, -0.05) is 18.2 Å². The second-order valence-electron chi connectivity index (χ2n) is 6.85. The van der Waals surface area contributed by atoms with E-state index in [2.05, 4.69) is 5.32 Å². The molecule has 7 nitrogen and oxygen atoms in total. The molecule has 0 radical (unpaired) electrons. The molecule has 0 aromatic heterocycles. The molecule has 2 aromatic rings. The number of nitrogens with one attached hydrogen (secondary N) is 1. The zero-order chi connectivity index (χ0) is 20.9. The van der Waals surface area contributed by atoms with Gasteiger partial charge in [-0.2, -0.15) is 4.31 Å². The van der Waals surface area contributed by atoms with Crippen molar-refractivity contribution in [1.29, 1.82) is 0 Å². The molecule has 1 amide bonds. The van der Waals surface area contributed by atoms with Gasteiger partial charge in [0.05, 0.1) is 25.2 Å². The molecule has 0 saturated carbocycles. The number of aryl methyl sites for hydroxylation is 1. The predicted molar refractivity (Wildman–Crippen MR) is 110 cm³/mol. The number of amides is 1. The van der Waals surface area contributed by atoms with Crippen molar-refractivity contribution in [2.45, 2.75) is 18.2 Å². The fourth-order valence-corrected chi connectivity index (χ4v) is 4.58.